The Morgan fingerprint density at radius 3 is 3.00 bits per heavy atom. The van der Waals surface area contributed by atoms with E-state index < -0.39 is 0 Å². The molecule has 0 radical (unpaired) electrons. The van der Waals surface area contributed by atoms with Crippen LogP contribution < -0.4 is 16.2 Å². The van der Waals surface area contributed by atoms with Crippen LogP contribution in [0.15, 0.2) is 12.4 Å². The average molecular weight is 206 g/mol. The van der Waals surface area contributed by atoms with Gasteiger partial charge in [-0.25, -0.2) is 10.8 Å². The standard InChI is InChI=1S/C9H14N6/c1-7(3-4-10)15(2)9-6-12-5-8(13-9)14-11/h5-7H,3,11H2,1-2H3,(H,13,14). The maximum atomic E-state index is 8.59. The van der Waals surface area contributed by atoms with Crippen LogP contribution in [0.1, 0.15) is 13.3 Å². The van der Waals surface area contributed by atoms with Crippen LogP contribution >= 0.6 is 0 Å². The largest absolute Gasteiger partial charge is 0.355 e. The zero-order chi connectivity index (χ0) is 11.3. The second kappa shape index (κ2) is 5.12. The van der Waals surface area contributed by atoms with Crippen LogP contribution in [0.5, 0.6) is 0 Å². The summed E-state index contributed by atoms with van der Waals surface area (Å²) in [5.74, 6) is 6.42. The van der Waals surface area contributed by atoms with E-state index in [1.54, 1.807) is 6.20 Å². The van der Waals surface area contributed by atoms with Crippen molar-refractivity contribution < 1.29 is 0 Å². The molecular formula is C9H14N6. The third-order valence-electron chi connectivity index (χ3n) is 2.18. The lowest BCUT2D eigenvalue weighted by atomic mass is 10.2. The van der Waals surface area contributed by atoms with E-state index in [2.05, 4.69) is 21.5 Å². The maximum Gasteiger partial charge on any atom is 0.160 e. The molecule has 80 valence electrons. The molecule has 3 N–H and O–H groups in total. The first-order valence-electron chi connectivity index (χ1n) is 4.57. The normalized spacial score (nSPS) is 11.6. The molecule has 0 fully saturated rings. The molecule has 0 saturated heterocycles. The zero-order valence-electron chi connectivity index (χ0n) is 8.81. The summed E-state index contributed by atoms with van der Waals surface area (Å²) in [4.78, 5) is 10.1. The smallest absolute Gasteiger partial charge is 0.160 e. The Labute approximate surface area is 88.7 Å². The van der Waals surface area contributed by atoms with Crippen LogP contribution in [0.4, 0.5) is 11.6 Å². The Bertz CT molecular complexity index is 358. The van der Waals surface area contributed by atoms with E-state index in [0.717, 1.165) is 0 Å². The van der Waals surface area contributed by atoms with Crippen molar-refractivity contribution in [1.29, 1.82) is 5.26 Å². The van der Waals surface area contributed by atoms with E-state index in [1.165, 1.54) is 6.20 Å². The molecule has 0 aliphatic rings. The molecule has 1 aromatic heterocycles. The van der Waals surface area contributed by atoms with E-state index >= 15 is 0 Å². The van der Waals surface area contributed by atoms with Gasteiger partial charge in [0.05, 0.1) is 24.9 Å². The molecule has 0 saturated carbocycles. The van der Waals surface area contributed by atoms with Crippen molar-refractivity contribution in [3.8, 4) is 6.07 Å². The van der Waals surface area contributed by atoms with Gasteiger partial charge in [-0.3, -0.25) is 4.98 Å². The summed E-state index contributed by atoms with van der Waals surface area (Å²) in [6.45, 7) is 1.95. The van der Waals surface area contributed by atoms with Crippen LogP contribution in [-0.2, 0) is 0 Å². The first-order chi connectivity index (χ1) is 7.19. The third-order valence-corrected chi connectivity index (χ3v) is 2.18. The van der Waals surface area contributed by atoms with Crippen LogP contribution in [0, 0.1) is 11.3 Å². The fourth-order valence-electron chi connectivity index (χ4n) is 1.09. The summed E-state index contributed by atoms with van der Waals surface area (Å²) in [6, 6.07) is 2.21. The molecule has 15 heavy (non-hydrogen) atoms. The van der Waals surface area contributed by atoms with Gasteiger partial charge >= 0.3 is 0 Å². The summed E-state index contributed by atoms with van der Waals surface area (Å²) < 4.78 is 0. The lowest BCUT2D eigenvalue weighted by molar-refractivity contribution is 0.692. The SMILES string of the molecule is CC(CC#N)N(C)c1cncc(NN)n1. The van der Waals surface area contributed by atoms with Crippen molar-refractivity contribution >= 4 is 11.6 Å². The first-order valence-corrected chi connectivity index (χ1v) is 4.57. The first kappa shape index (κ1) is 11.2. The molecule has 1 aromatic rings. The van der Waals surface area contributed by atoms with E-state index in [0.29, 0.717) is 18.1 Å². The van der Waals surface area contributed by atoms with Gasteiger partial charge in [-0.05, 0) is 6.92 Å². The third kappa shape index (κ3) is 2.79. The van der Waals surface area contributed by atoms with Gasteiger partial charge in [-0.1, -0.05) is 0 Å². The van der Waals surface area contributed by atoms with Gasteiger partial charge < -0.3 is 10.3 Å². The average Bonchev–Trinajstić information content (AvgIpc) is 2.28. The Morgan fingerprint density at radius 1 is 1.67 bits per heavy atom. The number of anilines is 2. The predicted octanol–water partition coefficient (Wildman–Crippen LogP) is 0.501. The topological polar surface area (TPSA) is 90.9 Å². The van der Waals surface area contributed by atoms with Gasteiger partial charge in [0.1, 0.15) is 5.82 Å². The highest BCUT2D eigenvalue weighted by atomic mass is 15.3. The summed E-state index contributed by atoms with van der Waals surface area (Å²) in [6.07, 6.45) is 3.61. The molecule has 6 heteroatoms. The summed E-state index contributed by atoms with van der Waals surface area (Å²) in [7, 11) is 1.87. The Kier molecular flexibility index (Phi) is 3.83. The lowest BCUT2D eigenvalue weighted by Gasteiger charge is -2.23. The zero-order valence-corrected chi connectivity index (χ0v) is 8.81. The van der Waals surface area contributed by atoms with E-state index in [1.807, 2.05) is 18.9 Å². The molecule has 0 bridgehead atoms. The summed E-state index contributed by atoms with van der Waals surface area (Å²) in [5.41, 5.74) is 2.43. The Hall–Kier alpha value is -1.87. The number of hydrazine groups is 1. The van der Waals surface area contributed by atoms with Crippen LogP contribution in [0.3, 0.4) is 0 Å². The summed E-state index contributed by atoms with van der Waals surface area (Å²) in [5, 5.41) is 8.59. The molecule has 0 aliphatic carbocycles. The number of nitrogens with two attached hydrogens (primary N) is 1. The second-order valence-corrected chi connectivity index (χ2v) is 3.23. The Morgan fingerprint density at radius 2 is 2.40 bits per heavy atom. The molecule has 0 aromatic carbocycles. The minimum Gasteiger partial charge on any atom is -0.355 e. The molecule has 1 heterocycles. The predicted molar refractivity (Wildman–Crippen MR) is 57.9 cm³/mol. The number of hydrogen-bond acceptors (Lipinski definition) is 6. The van der Waals surface area contributed by atoms with Crippen molar-refractivity contribution in [3.05, 3.63) is 12.4 Å². The molecule has 1 unspecified atom stereocenters. The molecular weight excluding hydrogens is 192 g/mol. The van der Waals surface area contributed by atoms with Gasteiger partial charge in [-0.15, -0.1) is 0 Å². The summed E-state index contributed by atoms with van der Waals surface area (Å²) >= 11 is 0. The number of nitrogen functional groups attached to an aromatic ring is 1. The van der Waals surface area contributed by atoms with E-state index in [4.69, 9.17) is 11.1 Å². The highest BCUT2D eigenvalue weighted by Gasteiger charge is 2.11. The molecule has 0 spiro atoms. The van der Waals surface area contributed by atoms with Crippen LogP contribution in [-0.4, -0.2) is 23.1 Å². The number of aromatic nitrogens is 2. The van der Waals surface area contributed by atoms with Crippen molar-refractivity contribution in [1.82, 2.24) is 9.97 Å². The van der Waals surface area contributed by atoms with Gasteiger partial charge in [0.25, 0.3) is 0 Å². The van der Waals surface area contributed by atoms with Crippen molar-refractivity contribution in [2.45, 2.75) is 19.4 Å². The number of hydrogen-bond donors (Lipinski definition) is 2. The number of rotatable bonds is 4. The number of nitrogens with one attached hydrogen (secondary N) is 1. The van der Waals surface area contributed by atoms with Crippen molar-refractivity contribution in [2.75, 3.05) is 17.4 Å². The van der Waals surface area contributed by atoms with Crippen molar-refractivity contribution in [3.63, 3.8) is 0 Å². The quantitative estimate of drug-likeness (QED) is 0.550. The minimum absolute atomic E-state index is 0.0947. The highest BCUT2D eigenvalue weighted by Crippen LogP contribution is 2.13. The van der Waals surface area contributed by atoms with Crippen LogP contribution in [0.25, 0.3) is 0 Å². The number of nitriles is 1. The van der Waals surface area contributed by atoms with Gasteiger partial charge in [0.15, 0.2) is 5.82 Å². The fraction of sp³-hybridized carbons (Fsp3) is 0.444. The van der Waals surface area contributed by atoms with Gasteiger partial charge in [0.2, 0.25) is 0 Å². The monoisotopic (exact) mass is 206 g/mol. The van der Waals surface area contributed by atoms with E-state index in [9.17, 15) is 0 Å². The Balaban J connectivity index is 2.81. The number of nitrogens with zero attached hydrogens (tertiary/aromatic N) is 4. The minimum atomic E-state index is 0.0947. The van der Waals surface area contributed by atoms with Gasteiger partial charge in [-0.2, -0.15) is 5.26 Å². The molecule has 0 aliphatic heterocycles. The highest BCUT2D eigenvalue weighted by molar-refractivity contribution is 5.43. The van der Waals surface area contributed by atoms with E-state index in [-0.39, 0.29) is 6.04 Å². The fourth-order valence-corrected chi connectivity index (χ4v) is 1.09. The molecule has 1 rings (SSSR count). The van der Waals surface area contributed by atoms with Gasteiger partial charge in [0, 0.05) is 13.1 Å². The van der Waals surface area contributed by atoms with Crippen molar-refractivity contribution in [2.24, 2.45) is 5.84 Å². The second-order valence-electron chi connectivity index (χ2n) is 3.23. The van der Waals surface area contributed by atoms with Crippen LogP contribution in [0.2, 0.25) is 0 Å². The molecule has 0 amide bonds. The maximum absolute atomic E-state index is 8.59. The molecule has 1 atom stereocenters. The lowest BCUT2D eigenvalue weighted by Crippen LogP contribution is -2.29. The molecule has 6 nitrogen and oxygen atoms in total.